The summed E-state index contributed by atoms with van der Waals surface area (Å²) in [5, 5.41) is 2.82. The van der Waals surface area contributed by atoms with E-state index >= 15 is 0 Å². The molecule has 0 fully saturated rings. The zero-order chi connectivity index (χ0) is 15.3. The summed E-state index contributed by atoms with van der Waals surface area (Å²) in [5.74, 6) is -2.94. The van der Waals surface area contributed by atoms with Gasteiger partial charge in [0.2, 0.25) is 10.0 Å². The van der Waals surface area contributed by atoms with Crippen LogP contribution in [0.3, 0.4) is 0 Å². The molecule has 0 unspecified atom stereocenters. The van der Waals surface area contributed by atoms with Crippen LogP contribution in [-0.4, -0.2) is 27.9 Å². The number of nitrogens with one attached hydrogen (secondary N) is 2. The van der Waals surface area contributed by atoms with Crippen LogP contribution in [0.4, 0.5) is 17.6 Å². The molecule has 0 heterocycles. The molecule has 0 aliphatic heterocycles. The van der Waals surface area contributed by atoms with Gasteiger partial charge >= 0.3 is 0 Å². The molecule has 0 saturated heterocycles. The Hall–Kier alpha value is -1.19. The van der Waals surface area contributed by atoms with E-state index in [9.17, 15) is 26.0 Å². The summed E-state index contributed by atoms with van der Waals surface area (Å²) in [6.45, 7) is 1.29. The Balaban J connectivity index is 3.12. The third kappa shape index (κ3) is 4.43. The Kier molecular flexibility index (Phi) is 5.90. The lowest BCUT2D eigenvalue weighted by atomic mass is 10.2. The van der Waals surface area contributed by atoms with E-state index in [-0.39, 0.29) is 12.1 Å². The largest absolute Gasteiger partial charge is 0.313 e. The van der Waals surface area contributed by atoms with Crippen LogP contribution in [0, 0.1) is 11.6 Å². The Bertz CT molecular complexity index is 564. The summed E-state index contributed by atoms with van der Waals surface area (Å²) in [5.41, 5.74) is 0.197. The van der Waals surface area contributed by atoms with Crippen molar-refractivity contribution in [3.05, 3.63) is 29.3 Å². The summed E-state index contributed by atoms with van der Waals surface area (Å²) in [4.78, 5) is -0.981. The van der Waals surface area contributed by atoms with Crippen molar-refractivity contribution in [1.29, 1.82) is 0 Å². The van der Waals surface area contributed by atoms with Gasteiger partial charge in [-0.15, -0.1) is 0 Å². The predicted octanol–water partition coefficient (Wildman–Crippen LogP) is 1.62. The van der Waals surface area contributed by atoms with Crippen molar-refractivity contribution in [1.82, 2.24) is 10.0 Å². The summed E-state index contributed by atoms with van der Waals surface area (Å²) in [6.07, 6.45) is -2.93. The number of alkyl halides is 2. The zero-order valence-electron chi connectivity index (χ0n) is 10.6. The molecule has 0 saturated carbocycles. The first-order valence-electron chi connectivity index (χ1n) is 5.74. The van der Waals surface area contributed by atoms with Crippen LogP contribution < -0.4 is 10.0 Å². The molecule has 0 aliphatic rings. The molecular weight excluding hydrogens is 300 g/mol. The minimum atomic E-state index is -4.53. The molecule has 2 N–H and O–H groups in total. The van der Waals surface area contributed by atoms with Crippen LogP contribution >= 0.6 is 0 Å². The summed E-state index contributed by atoms with van der Waals surface area (Å²) < 4.78 is 75.7. The van der Waals surface area contributed by atoms with Crippen molar-refractivity contribution in [3.8, 4) is 0 Å². The number of rotatable bonds is 7. The highest BCUT2D eigenvalue weighted by atomic mass is 32.2. The number of sulfonamides is 1. The van der Waals surface area contributed by atoms with Crippen molar-refractivity contribution in [3.63, 3.8) is 0 Å². The minimum Gasteiger partial charge on any atom is -0.313 e. The molecule has 1 aromatic rings. The molecule has 0 aliphatic carbocycles. The average molecular weight is 314 g/mol. The first-order chi connectivity index (χ1) is 9.27. The Morgan fingerprint density at radius 2 is 1.90 bits per heavy atom. The first kappa shape index (κ1) is 16.9. The van der Waals surface area contributed by atoms with Crippen molar-refractivity contribution < 1.29 is 26.0 Å². The quantitative estimate of drug-likeness (QED) is 0.752. The van der Waals surface area contributed by atoms with Crippen molar-refractivity contribution >= 4 is 10.0 Å². The van der Waals surface area contributed by atoms with Gasteiger partial charge in [-0.25, -0.2) is 30.7 Å². The molecule has 0 spiro atoms. The highest BCUT2D eigenvalue weighted by molar-refractivity contribution is 7.89. The van der Waals surface area contributed by atoms with Gasteiger partial charge in [-0.2, -0.15) is 0 Å². The van der Waals surface area contributed by atoms with Crippen LogP contribution in [0.1, 0.15) is 12.5 Å². The zero-order valence-corrected chi connectivity index (χ0v) is 11.4. The van der Waals surface area contributed by atoms with Gasteiger partial charge in [-0.05, 0) is 24.2 Å². The van der Waals surface area contributed by atoms with E-state index in [0.29, 0.717) is 6.54 Å². The van der Waals surface area contributed by atoms with Crippen molar-refractivity contribution in [2.24, 2.45) is 0 Å². The van der Waals surface area contributed by atoms with Gasteiger partial charge in [0, 0.05) is 6.54 Å². The van der Waals surface area contributed by atoms with Crippen LogP contribution in [-0.2, 0) is 16.6 Å². The van der Waals surface area contributed by atoms with E-state index in [0.717, 1.165) is 12.1 Å². The number of hydrogen-bond donors (Lipinski definition) is 2. The molecule has 0 radical (unpaired) electrons. The maximum absolute atomic E-state index is 13.5. The van der Waals surface area contributed by atoms with Crippen LogP contribution in [0.15, 0.2) is 17.0 Å². The number of benzene rings is 1. The first-order valence-corrected chi connectivity index (χ1v) is 7.22. The number of halogens is 4. The number of hydrogen-bond acceptors (Lipinski definition) is 3. The van der Waals surface area contributed by atoms with Crippen LogP contribution in [0.25, 0.3) is 0 Å². The van der Waals surface area contributed by atoms with E-state index < -0.39 is 39.5 Å². The molecule has 4 nitrogen and oxygen atoms in total. The Morgan fingerprint density at radius 1 is 1.25 bits per heavy atom. The van der Waals surface area contributed by atoms with Crippen LogP contribution in [0.2, 0.25) is 0 Å². The monoisotopic (exact) mass is 314 g/mol. The van der Waals surface area contributed by atoms with E-state index in [4.69, 9.17) is 0 Å². The van der Waals surface area contributed by atoms with Gasteiger partial charge in [0.1, 0.15) is 4.90 Å². The molecule has 0 amide bonds. The molecule has 9 heteroatoms. The summed E-state index contributed by atoms with van der Waals surface area (Å²) in [6, 6.07) is 1.76. The molecule has 20 heavy (non-hydrogen) atoms. The second-order valence-corrected chi connectivity index (χ2v) is 5.65. The SMILES string of the molecule is CCNCc1cc(F)c(F)c(S(=O)(=O)NCC(F)F)c1. The minimum absolute atomic E-state index is 0.130. The molecule has 0 bridgehead atoms. The fourth-order valence-electron chi connectivity index (χ4n) is 1.43. The lowest BCUT2D eigenvalue weighted by Crippen LogP contribution is -2.29. The fraction of sp³-hybridized carbons (Fsp3) is 0.455. The van der Waals surface area contributed by atoms with Gasteiger partial charge < -0.3 is 5.32 Å². The van der Waals surface area contributed by atoms with E-state index in [2.05, 4.69) is 5.32 Å². The van der Waals surface area contributed by atoms with Gasteiger partial charge in [0.05, 0.1) is 6.54 Å². The van der Waals surface area contributed by atoms with E-state index in [1.54, 1.807) is 6.92 Å². The van der Waals surface area contributed by atoms with Gasteiger partial charge in [0.25, 0.3) is 6.43 Å². The topological polar surface area (TPSA) is 58.2 Å². The summed E-state index contributed by atoms with van der Waals surface area (Å²) in [7, 11) is -4.53. The lowest BCUT2D eigenvalue weighted by molar-refractivity contribution is 0.153. The van der Waals surface area contributed by atoms with E-state index in [1.165, 1.54) is 4.72 Å². The predicted molar refractivity (Wildman–Crippen MR) is 64.9 cm³/mol. The molecular formula is C11H14F4N2O2S. The van der Waals surface area contributed by atoms with Gasteiger partial charge in [0.15, 0.2) is 11.6 Å². The second-order valence-electron chi connectivity index (χ2n) is 3.91. The Labute approximate surface area is 114 Å². The fourth-order valence-corrected chi connectivity index (χ4v) is 2.58. The third-order valence-electron chi connectivity index (χ3n) is 2.35. The molecule has 1 rings (SSSR count). The highest BCUT2D eigenvalue weighted by Gasteiger charge is 2.23. The Morgan fingerprint density at radius 3 is 2.45 bits per heavy atom. The third-order valence-corrected chi connectivity index (χ3v) is 3.77. The molecule has 1 aromatic carbocycles. The average Bonchev–Trinajstić information content (AvgIpc) is 2.37. The molecule has 0 atom stereocenters. The second kappa shape index (κ2) is 7.00. The molecule has 114 valence electrons. The van der Waals surface area contributed by atoms with Crippen molar-refractivity contribution in [2.75, 3.05) is 13.1 Å². The standard InChI is InChI=1S/C11H14F4N2O2S/c1-2-16-5-7-3-8(12)11(15)9(4-7)20(18,19)17-6-10(13)14/h3-4,10,16-17H,2,5-6H2,1H3. The van der Waals surface area contributed by atoms with Crippen molar-refractivity contribution in [2.45, 2.75) is 24.8 Å². The maximum atomic E-state index is 13.5. The molecule has 0 aromatic heterocycles. The summed E-state index contributed by atoms with van der Waals surface area (Å²) >= 11 is 0. The lowest BCUT2D eigenvalue weighted by Gasteiger charge is -2.10. The van der Waals surface area contributed by atoms with Gasteiger partial charge in [-0.1, -0.05) is 6.92 Å². The van der Waals surface area contributed by atoms with E-state index in [1.807, 2.05) is 0 Å². The maximum Gasteiger partial charge on any atom is 0.251 e. The smallest absolute Gasteiger partial charge is 0.251 e. The highest BCUT2D eigenvalue weighted by Crippen LogP contribution is 2.20. The normalized spacial score (nSPS) is 12.1. The van der Waals surface area contributed by atoms with Gasteiger partial charge in [-0.3, -0.25) is 0 Å². The van der Waals surface area contributed by atoms with Crippen LogP contribution in [0.5, 0.6) is 0 Å².